The van der Waals surface area contributed by atoms with Crippen molar-refractivity contribution in [3.8, 4) is 28.0 Å². The van der Waals surface area contributed by atoms with Gasteiger partial charge in [-0.25, -0.2) is 4.39 Å². The Hall–Kier alpha value is -3.87. The first kappa shape index (κ1) is 21.0. The molecular formula is C26H25FN4O2. The fraction of sp³-hybridized carbons (Fsp3) is 0.231. The lowest BCUT2D eigenvalue weighted by molar-refractivity contribution is -0.117. The Labute approximate surface area is 192 Å². The van der Waals surface area contributed by atoms with E-state index in [-0.39, 0.29) is 17.3 Å². The number of carbonyl (C=O) groups is 1. The lowest BCUT2D eigenvalue weighted by atomic mass is 9.97. The van der Waals surface area contributed by atoms with Crippen molar-refractivity contribution in [3.63, 3.8) is 0 Å². The van der Waals surface area contributed by atoms with E-state index in [0.29, 0.717) is 29.7 Å². The van der Waals surface area contributed by atoms with Gasteiger partial charge in [-0.15, -0.1) is 0 Å². The molecular weight excluding hydrogens is 419 g/mol. The molecule has 168 valence electrons. The third-order valence-corrected chi connectivity index (χ3v) is 6.13. The molecule has 33 heavy (non-hydrogen) atoms. The SMILES string of the molecule is CC1=CN(c2cncc(-c3cccc(-c4ccc(N5CCCC5=O)c(F)c4)c3O)c2)CCN1. The van der Waals surface area contributed by atoms with Gasteiger partial charge in [0.1, 0.15) is 11.6 Å². The highest BCUT2D eigenvalue weighted by Crippen LogP contribution is 2.40. The molecule has 0 unspecified atom stereocenters. The Morgan fingerprint density at radius 3 is 2.61 bits per heavy atom. The molecule has 7 heteroatoms. The first-order chi connectivity index (χ1) is 16.0. The maximum atomic E-state index is 14.9. The molecule has 1 aromatic heterocycles. The van der Waals surface area contributed by atoms with Crippen LogP contribution in [0.1, 0.15) is 19.8 Å². The minimum Gasteiger partial charge on any atom is -0.507 e. The Morgan fingerprint density at radius 2 is 1.88 bits per heavy atom. The van der Waals surface area contributed by atoms with Gasteiger partial charge in [0.05, 0.1) is 17.6 Å². The first-order valence-electron chi connectivity index (χ1n) is 11.1. The second kappa shape index (κ2) is 8.58. The number of aromatic hydroxyl groups is 1. The number of hydrogen-bond donors (Lipinski definition) is 2. The number of nitrogens with one attached hydrogen (secondary N) is 1. The molecule has 1 fully saturated rings. The number of rotatable bonds is 4. The van der Waals surface area contributed by atoms with Crippen LogP contribution in [0.25, 0.3) is 22.3 Å². The number of para-hydroxylation sites is 1. The third-order valence-electron chi connectivity index (χ3n) is 6.13. The smallest absolute Gasteiger partial charge is 0.227 e. The van der Waals surface area contributed by atoms with Crippen molar-refractivity contribution in [3.05, 3.63) is 72.6 Å². The summed E-state index contributed by atoms with van der Waals surface area (Å²) < 4.78 is 14.9. The van der Waals surface area contributed by atoms with E-state index in [9.17, 15) is 14.3 Å². The fourth-order valence-corrected chi connectivity index (χ4v) is 4.46. The lowest BCUT2D eigenvalue weighted by Crippen LogP contribution is -2.33. The number of phenols is 1. The normalized spacial score (nSPS) is 16.1. The van der Waals surface area contributed by atoms with Gasteiger partial charge in [0.15, 0.2) is 0 Å². The maximum absolute atomic E-state index is 14.9. The van der Waals surface area contributed by atoms with Crippen molar-refractivity contribution in [1.29, 1.82) is 0 Å². The number of hydrogen-bond acceptors (Lipinski definition) is 5. The quantitative estimate of drug-likeness (QED) is 0.613. The van der Waals surface area contributed by atoms with Crippen molar-refractivity contribution in [2.45, 2.75) is 19.8 Å². The summed E-state index contributed by atoms with van der Waals surface area (Å²) in [6.45, 7) is 4.21. The van der Waals surface area contributed by atoms with Crippen LogP contribution in [0.5, 0.6) is 5.75 Å². The Bertz CT molecular complexity index is 1260. The van der Waals surface area contributed by atoms with Gasteiger partial charge in [0.25, 0.3) is 0 Å². The van der Waals surface area contributed by atoms with Crippen molar-refractivity contribution < 1.29 is 14.3 Å². The summed E-state index contributed by atoms with van der Waals surface area (Å²) in [6.07, 6.45) is 6.73. The molecule has 0 saturated carbocycles. The van der Waals surface area contributed by atoms with Gasteiger partial charge < -0.3 is 20.2 Å². The first-order valence-corrected chi connectivity index (χ1v) is 11.1. The summed E-state index contributed by atoms with van der Waals surface area (Å²) in [6, 6.07) is 12.1. The minimum atomic E-state index is -0.475. The van der Waals surface area contributed by atoms with Crippen molar-refractivity contribution in [2.24, 2.45) is 0 Å². The van der Waals surface area contributed by atoms with Crippen LogP contribution in [0.3, 0.4) is 0 Å². The molecule has 0 spiro atoms. The largest absolute Gasteiger partial charge is 0.507 e. The van der Waals surface area contributed by atoms with Crippen molar-refractivity contribution in [2.75, 3.05) is 29.4 Å². The molecule has 0 aliphatic carbocycles. The summed E-state index contributed by atoms with van der Waals surface area (Å²) in [7, 11) is 0. The Morgan fingerprint density at radius 1 is 1.06 bits per heavy atom. The van der Waals surface area contributed by atoms with E-state index < -0.39 is 5.82 Å². The molecule has 6 nitrogen and oxygen atoms in total. The van der Waals surface area contributed by atoms with Gasteiger partial charge in [0.2, 0.25) is 5.91 Å². The average Bonchev–Trinajstić information content (AvgIpc) is 3.25. The number of halogens is 1. The van der Waals surface area contributed by atoms with E-state index in [1.165, 1.54) is 11.0 Å². The summed E-state index contributed by atoms with van der Waals surface area (Å²) in [5, 5.41) is 14.4. The van der Waals surface area contributed by atoms with E-state index in [0.717, 1.165) is 36.5 Å². The fourth-order valence-electron chi connectivity index (χ4n) is 4.46. The number of aromatic nitrogens is 1. The Kier molecular flexibility index (Phi) is 5.46. The second-order valence-corrected chi connectivity index (χ2v) is 8.38. The summed E-state index contributed by atoms with van der Waals surface area (Å²) in [4.78, 5) is 20.0. The third kappa shape index (κ3) is 4.02. The molecule has 2 aliphatic heterocycles. The van der Waals surface area contributed by atoms with Gasteiger partial charge in [-0.3, -0.25) is 9.78 Å². The van der Waals surface area contributed by atoms with Crippen LogP contribution < -0.4 is 15.1 Å². The number of phenolic OH excluding ortho intramolecular Hbond substituents is 1. The maximum Gasteiger partial charge on any atom is 0.227 e. The number of allylic oxidation sites excluding steroid dienone is 1. The molecule has 1 amide bonds. The van der Waals surface area contributed by atoms with Crippen LogP contribution >= 0.6 is 0 Å². The molecule has 0 bridgehead atoms. The second-order valence-electron chi connectivity index (χ2n) is 8.38. The van der Waals surface area contributed by atoms with Gasteiger partial charge in [-0.1, -0.05) is 24.3 Å². The minimum absolute atomic E-state index is 0.0617. The number of benzene rings is 2. The highest BCUT2D eigenvalue weighted by molar-refractivity contribution is 5.96. The highest BCUT2D eigenvalue weighted by atomic mass is 19.1. The lowest BCUT2D eigenvalue weighted by Gasteiger charge is -2.27. The zero-order valence-corrected chi connectivity index (χ0v) is 18.4. The molecule has 5 rings (SSSR count). The Balaban J connectivity index is 1.49. The highest BCUT2D eigenvalue weighted by Gasteiger charge is 2.24. The number of nitrogens with zero attached hydrogens (tertiary/aromatic N) is 3. The standard InChI is InChI=1S/C26H25FN4O2/c1-17-16-30(11-9-29-17)20-12-19(14-28-15-20)22-5-2-4-21(26(22)33)18-7-8-24(23(27)13-18)31-10-3-6-25(31)32/h2,4-5,7-8,12-16,29,33H,3,6,9-11H2,1H3. The molecule has 1 saturated heterocycles. The topological polar surface area (TPSA) is 68.7 Å². The van der Waals surface area contributed by atoms with Gasteiger partial charge in [0, 0.05) is 60.8 Å². The van der Waals surface area contributed by atoms with E-state index in [1.54, 1.807) is 30.6 Å². The van der Waals surface area contributed by atoms with Crippen LogP contribution in [-0.2, 0) is 4.79 Å². The van der Waals surface area contributed by atoms with Crippen LogP contribution in [0.15, 0.2) is 66.8 Å². The van der Waals surface area contributed by atoms with Crippen LogP contribution in [0.4, 0.5) is 15.8 Å². The predicted molar refractivity (Wildman–Crippen MR) is 127 cm³/mol. The van der Waals surface area contributed by atoms with Crippen molar-refractivity contribution in [1.82, 2.24) is 10.3 Å². The number of anilines is 2. The van der Waals surface area contributed by atoms with E-state index in [4.69, 9.17) is 0 Å². The van der Waals surface area contributed by atoms with E-state index in [1.807, 2.05) is 31.3 Å². The molecule has 0 atom stereocenters. The van der Waals surface area contributed by atoms with E-state index >= 15 is 0 Å². The number of amides is 1. The van der Waals surface area contributed by atoms with Gasteiger partial charge in [-0.2, -0.15) is 0 Å². The summed E-state index contributed by atoms with van der Waals surface area (Å²) >= 11 is 0. The molecule has 2 aromatic carbocycles. The van der Waals surface area contributed by atoms with Crippen molar-refractivity contribution >= 4 is 17.3 Å². The summed E-state index contributed by atoms with van der Waals surface area (Å²) in [5.74, 6) is -0.474. The van der Waals surface area contributed by atoms with Crippen LogP contribution in [0, 0.1) is 5.82 Å². The number of carbonyl (C=O) groups excluding carboxylic acids is 1. The van der Waals surface area contributed by atoms with Gasteiger partial charge >= 0.3 is 0 Å². The molecule has 3 heterocycles. The monoisotopic (exact) mass is 444 g/mol. The molecule has 0 radical (unpaired) electrons. The average molecular weight is 445 g/mol. The molecule has 3 aromatic rings. The van der Waals surface area contributed by atoms with E-state index in [2.05, 4.69) is 15.2 Å². The van der Waals surface area contributed by atoms with Crippen LogP contribution in [-0.4, -0.2) is 35.6 Å². The van der Waals surface area contributed by atoms with Gasteiger partial charge in [-0.05, 0) is 37.1 Å². The molecule has 2 N–H and O–H groups in total. The van der Waals surface area contributed by atoms with Crippen LogP contribution in [0.2, 0.25) is 0 Å². The summed E-state index contributed by atoms with van der Waals surface area (Å²) in [5.41, 5.74) is 4.77. The number of pyridine rings is 1. The predicted octanol–water partition coefficient (Wildman–Crippen LogP) is 4.66. The zero-order chi connectivity index (χ0) is 22.9. The zero-order valence-electron chi connectivity index (χ0n) is 18.4. The molecule has 2 aliphatic rings.